The lowest BCUT2D eigenvalue weighted by molar-refractivity contribution is -0.00977. The van der Waals surface area contributed by atoms with Crippen molar-refractivity contribution in [3.63, 3.8) is 0 Å². The van der Waals surface area contributed by atoms with E-state index in [0.29, 0.717) is 0 Å². The SMILES string of the molecule is O=S(=O)(Nc1ccccc1Cl)N1CCOC(C(c2ccc(F)cc2)c2ccc(F)cc2)C1. The molecule has 1 heterocycles. The van der Waals surface area contributed by atoms with Crippen LogP contribution in [0.15, 0.2) is 72.8 Å². The monoisotopic (exact) mass is 478 g/mol. The van der Waals surface area contributed by atoms with Crippen LogP contribution >= 0.6 is 11.6 Å². The van der Waals surface area contributed by atoms with Crippen molar-refractivity contribution in [2.45, 2.75) is 12.0 Å². The van der Waals surface area contributed by atoms with Crippen LogP contribution in [0.4, 0.5) is 14.5 Å². The minimum absolute atomic E-state index is 0.0548. The summed E-state index contributed by atoms with van der Waals surface area (Å²) in [6, 6.07) is 18.4. The standard InChI is InChI=1S/C23H21ClF2N2O3S/c24-20-3-1-2-4-21(20)27-32(29,30)28-13-14-31-22(15-28)23(16-5-9-18(25)10-6-16)17-7-11-19(26)12-8-17/h1-12,22-23,27H,13-15H2. The summed E-state index contributed by atoms with van der Waals surface area (Å²) >= 11 is 6.10. The first kappa shape index (κ1) is 22.7. The van der Waals surface area contributed by atoms with Gasteiger partial charge in [-0.2, -0.15) is 12.7 Å². The van der Waals surface area contributed by atoms with Gasteiger partial charge in [0.15, 0.2) is 0 Å². The molecule has 1 fully saturated rings. The summed E-state index contributed by atoms with van der Waals surface area (Å²) in [4.78, 5) is 0. The maximum atomic E-state index is 13.5. The number of anilines is 1. The van der Waals surface area contributed by atoms with Gasteiger partial charge in [0.2, 0.25) is 0 Å². The summed E-state index contributed by atoms with van der Waals surface area (Å²) < 4.78 is 62.9. The molecular formula is C23H21ClF2N2O3S. The normalized spacial score (nSPS) is 17.4. The molecule has 0 saturated carbocycles. The van der Waals surface area contributed by atoms with Crippen molar-refractivity contribution in [1.82, 2.24) is 4.31 Å². The predicted molar refractivity (Wildman–Crippen MR) is 120 cm³/mol. The van der Waals surface area contributed by atoms with Crippen molar-refractivity contribution >= 4 is 27.5 Å². The van der Waals surface area contributed by atoms with E-state index in [1.807, 2.05) is 0 Å². The van der Waals surface area contributed by atoms with Gasteiger partial charge in [-0.25, -0.2) is 8.78 Å². The van der Waals surface area contributed by atoms with Crippen molar-refractivity contribution in [1.29, 1.82) is 0 Å². The topological polar surface area (TPSA) is 58.6 Å². The smallest absolute Gasteiger partial charge is 0.301 e. The molecule has 1 aliphatic rings. The largest absolute Gasteiger partial charge is 0.374 e. The van der Waals surface area contributed by atoms with E-state index in [2.05, 4.69) is 4.72 Å². The van der Waals surface area contributed by atoms with Gasteiger partial charge in [-0.3, -0.25) is 4.72 Å². The molecule has 3 aromatic carbocycles. The van der Waals surface area contributed by atoms with Crippen molar-refractivity contribution in [3.05, 3.63) is 101 Å². The number of ether oxygens (including phenoxy) is 1. The third-order valence-corrected chi connectivity index (χ3v) is 7.16. The molecule has 1 saturated heterocycles. The highest BCUT2D eigenvalue weighted by Gasteiger charge is 2.35. The molecule has 0 radical (unpaired) electrons. The average molecular weight is 479 g/mol. The molecule has 32 heavy (non-hydrogen) atoms. The van der Waals surface area contributed by atoms with Crippen LogP contribution in [0.25, 0.3) is 0 Å². The number of rotatable bonds is 6. The summed E-state index contributed by atoms with van der Waals surface area (Å²) in [5.41, 5.74) is 1.76. The molecule has 0 aromatic heterocycles. The van der Waals surface area contributed by atoms with E-state index < -0.39 is 22.2 Å². The predicted octanol–water partition coefficient (Wildman–Crippen LogP) is 4.81. The lowest BCUT2D eigenvalue weighted by Crippen LogP contribution is -2.49. The third-order valence-electron chi connectivity index (χ3n) is 5.34. The zero-order valence-corrected chi connectivity index (χ0v) is 18.5. The molecule has 1 aliphatic heterocycles. The highest BCUT2D eigenvalue weighted by atomic mass is 35.5. The molecule has 4 rings (SSSR count). The molecule has 1 atom stereocenters. The highest BCUT2D eigenvalue weighted by Crippen LogP contribution is 2.33. The Morgan fingerprint density at radius 1 is 0.938 bits per heavy atom. The molecule has 5 nitrogen and oxygen atoms in total. The molecule has 9 heteroatoms. The number of benzene rings is 3. The molecule has 0 aliphatic carbocycles. The Kier molecular flexibility index (Phi) is 6.76. The van der Waals surface area contributed by atoms with E-state index in [1.165, 1.54) is 28.6 Å². The van der Waals surface area contributed by atoms with Gasteiger partial charge < -0.3 is 4.74 Å². The van der Waals surface area contributed by atoms with Gasteiger partial charge in [-0.1, -0.05) is 48.0 Å². The Morgan fingerprint density at radius 2 is 1.50 bits per heavy atom. The fraction of sp³-hybridized carbons (Fsp3) is 0.217. The Labute approximate surface area is 190 Å². The van der Waals surface area contributed by atoms with Crippen LogP contribution in [0.1, 0.15) is 17.0 Å². The summed E-state index contributed by atoms with van der Waals surface area (Å²) in [6.07, 6.45) is -0.567. The van der Waals surface area contributed by atoms with Gasteiger partial charge in [-0.05, 0) is 47.5 Å². The van der Waals surface area contributed by atoms with Crippen LogP contribution in [0.3, 0.4) is 0 Å². The van der Waals surface area contributed by atoms with Gasteiger partial charge >= 0.3 is 10.2 Å². The Morgan fingerprint density at radius 3 is 2.06 bits per heavy atom. The van der Waals surface area contributed by atoms with Crippen LogP contribution in [0.2, 0.25) is 5.02 Å². The maximum Gasteiger partial charge on any atom is 0.301 e. The number of hydrogen-bond donors (Lipinski definition) is 1. The molecule has 0 bridgehead atoms. The van der Waals surface area contributed by atoms with E-state index >= 15 is 0 Å². The summed E-state index contributed by atoms with van der Waals surface area (Å²) in [5.74, 6) is -1.19. The first-order chi connectivity index (χ1) is 15.3. The van der Waals surface area contributed by atoms with Crippen LogP contribution < -0.4 is 4.72 Å². The second-order valence-corrected chi connectivity index (χ2v) is 9.51. The number of halogens is 3. The summed E-state index contributed by atoms with van der Waals surface area (Å²) in [6.45, 7) is 0.391. The van der Waals surface area contributed by atoms with Crippen LogP contribution in [0.5, 0.6) is 0 Å². The van der Waals surface area contributed by atoms with Gasteiger partial charge in [-0.15, -0.1) is 0 Å². The van der Waals surface area contributed by atoms with Crippen molar-refractivity contribution in [2.24, 2.45) is 0 Å². The zero-order chi connectivity index (χ0) is 22.7. The molecular weight excluding hydrogens is 458 g/mol. The van der Waals surface area contributed by atoms with E-state index in [1.54, 1.807) is 48.5 Å². The average Bonchev–Trinajstić information content (AvgIpc) is 2.78. The van der Waals surface area contributed by atoms with Gasteiger partial charge in [0.1, 0.15) is 11.6 Å². The van der Waals surface area contributed by atoms with Crippen molar-refractivity contribution in [3.8, 4) is 0 Å². The van der Waals surface area contributed by atoms with E-state index in [4.69, 9.17) is 16.3 Å². The molecule has 0 amide bonds. The molecule has 168 valence electrons. The lowest BCUT2D eigenvalue weighted by Gasteiger charge is -2.37. The molecule has 1 unspecified atom stereocenters. The minimum atomic E-state index is -3.90. The zero-order valence-electron chi connectivity index (χ0n) is 16.9. The lowest BCUT2D eigenvalue weighted by atomic mass is 9.86. The van der Waals surface area contributed by atoms with Crippen LogP contribution in [-0.4, -0.2) is 38.5 Å². The van der Waals surface area contributed by atoms with E-state index in [9.17, 15) is 17.2 Å². The molecule has 3 aromatic rings. The first-order valence-electron chi connectivity index (χ1n) is 9.98. The summed E-state index contributed by atoms with van der Waals surface area (Å²) in [5, 5.41) is 0.288. The van der Waals surface area contributed by atoms with Crippen molar-refractivity contribution < 1.29 is 21.9 Å². The Bertz CT molecular complexity index is 1130. The van der Waals surface area contributed by atoms with E-state index in [0.717, 1.165) is 11.1 Å². The van der Waals surface area contributed by atoms with E-state index in [-0.39, 0.29) is 42.0 Å². The fourth-order valence-electron chi connectivity index (χ4n) is 3.78. The Balaban J connectivity index is 1.63. The number of nitrogens with one attached hydrogen (secondary N) is 1. The second-order valence-electron chi connectivity index (χ2n) is 7.43. The number of nitrogens with zero attached hydrogens (tertiary/aromatic N) is 1. The van der Waals surface area contributed by atoms with Gasteiger partial charge in [0.05, 0.1) is 23.4 Å². The fourth-order valence-corrected chi connectivity index (χ4v) is 5.26. The quantitative estimate of drug-likeness (QED) is 0.553. The maximum absolute atomic E-state index is 13.5. The number of hydrogen-bond acceptors (Lipinski definition) is 3. The van der Waals surface area contributed by atoms with Gasteiger partial charge in [0, 0.05) is 19.0 Å². The highest BCUT2D eigenvalue weighted by molar-refractivity contribution is 7.90. The minimum Gasteiger partial charge on any atom is -0.374 e. The van der Waals surface area contributed by atoms with Crippen LogP contribution in [-0.2, 0) is 14.9 Å². The van der Waals surface area contributed by atoms with Crippen LogP contribution in [0, 0.1) is 11.6 Å². The van der Waals surface area contributed by atoms with Gasteiger partial charge in [0.25, 0.3) is 0 Å². The second kappa shape index (κ2) is 9.54. The third kappa shape index (κ3) is 5.10. The first-order valence-corrected chi connectivity index (χ1v) is 11.8. The number of morpholine rings is 1. The Hall–Kier alpha value is -2.52. The molecule has 1 N–H and O–H groups in total. The summed E-state index contributed by atoms with van der Waals surface area (Å²) in [7, 11) is -3.90. The molecule has 0 spiro atoms. The van der Waals surface area contributed by atoms with Crippen molar-refractivity contribution in [2.75, 3.05) is 24.4 Å². The number of para-hydroxylation sites is 1.